The average Bonchev–Trinajstić information content (AvgIpc) is 2.40. The molecule has 2 aromatic rings. The van der Waals surface area contributed by atoms with Gasteiger partial charge in [0.2, 0.25) is 0 Å². The Hall–Kier alpha value is -2.01. The van der Waals surface area contributed by atoms with E-state index < -0.39 is 10.7 Å². The van der Waals surface area contributed by atoms with Gasteiger partial charge in [-0.15, -0.1) is 0 Å². The van der Waals surface area contributed by atoms with E-state index in [1.54, 1.807) is 36.4 Å². The van der Waals surface area contributed by atoms with Crippen LogP contribution in [0.4, 0.5) is 4.39 Å². The van der Waals surface area contributed by atoms with Gasteiger partial charge in [-0.2, -0.15) is 0 Å². The molecule has 96 valence electrons. The minimum atomic E-state index is -0.477. The lowest BCUT2D eigenvalue weighted by molar-refractivity contribution is -0.374. The number of hydrogen-bond donors (Lipinski definition) is 0. The Kier molecular flexibility index (Phi) is 4.06. The summed E-state index contributed by atoms with van der Waals surface area (Å²) in [7, 11) is 0. The third kappa shape index (κ3) is 3.26. The van der Waals surface area contributed by atoms with E-state index in [0.29, 0.717) is 15.6 Å². The third-order valence-corrected chi connectivity index (χ3v) is 3.16. The van der Waals surface area contributed by atoms with Crippen LogP contribution in [0.25, 0.3) is 11.8 Å². The molecule has 5 heteroatoms. The summed E-state index contributed by atoms with van der Waals surface area (Å²) in [4.78, 5) is 10.6. The van der Waals surface area contributed by atoms with Gasteiger partial charge in [-0.1, -0.05) is 24.3 Å². The maximum absolute atomic E-state index is 13.4. The van der Waals surface area contributed by atoms with Gasteiger partial charge in [-0.25, -0.2) is 4.39 Å². The summed E-state index contributed by atoms with van der Waals surface area (Å²) < 4.78 is 13.7. The lowest BCUT2D eigenvalue weighted by Gasteiger charge is -2.00. The van der Waals surface area contributed by atoms with E-state index in [-0.39, 0.29) is 5.70 Å². The monoisotopic (exact) mass is 321 g/mol. The normalized spacial score (nSPS) is 11.4. The highest BCUT2D eigenvalue weighted by molar-refractivity contribution is 9.10. The quantitative estimate of drug-likeness (QED) is 0.479. The fourth-order valence-electron chi connectivity index (χ4n) is 1.61. The van der Waals surface area contributed by atoms with Gasteiger partial charge in [0.1, 0.15) is 5.82 Å². The summed E-state index contributed by atoms with van der Waals surface area (Å²) >= 11 is 3.04. The van der Waals surface area contributed by atoms with Gasteiger partial charge in [0.15, 0.2) is 0 Å². The van der Waals surface area contributed by atoms with Gasteiger partial charge < -0.3 is 0 Å². The van der Waals surface area contributed by atoms with E-state index in [4.69, 9.17) is 0 Å². The maximum atomic E-state index is 13.4. The second kappa shape index (κ2) is 5.75. The van der Waals surface area contributed by atoms with Crippen molar-refractivity contribution in [3.05, 3.63) is 80.1 Å². The molecule has 3 nitrogen and oxygen atoms in total. The Labute approximate surface area is 117 Å². The maximum Gasteiger partial charge on any atom is 0.277 e. The van der Waals surface area contributed by atoms with E-state index >= 15 is 0 Å². The Morgan fingerprint density at radius 3 is 2.47 bits per heavy atom. The molecule has 0 aliphatic carbocycles. The first kappa shape index (κ1) is 13.4. The molecule has 0 spiro atoms. The fourth-order valence-corrected chi connectivity index (χ4v) is 1.86. The lowest BCUT2D eigenvalue weighted by atomic mass is 10.1. The van der Waals surface area contributed by atoms with Gasteiger partial charge in [-0.3, -0.25) is 10.1 Å². The van der Waals surface area contributed by atoms with Crippen LogP contribution >= 0.6 is 15.9 Å². The van der Waals surface area contributed by atoms with E-state index in [0.717, 1.165) is 0 Å². The van der Waals surface area contributed by atoms with Crippen molar-refractivity contribution in [1.82, 2.24) is 0 Å². The number of nitro groups is 1. The first-order valence-corrected chi connectivity index (χ1v) is 6.24. The van der Waals surface area contributed by atoms with Gasteiger partial charge in [0, 0.05) is 6.08 Å². The van der Waals surface area contributed by atoms with Crippen molar-refractivity contribution >= 4 is 27.7 Å². The number of hydrogen-bond acceptors (Lipinski definition) is 2. The van der Waals surface area contributed by atoms with Crippen molar-refractivity contribution in [3.8, 4) is 0 Å². The molecule has 0 N–H and O–H groups in total. The van der Waals surface area contributed by atoms with Crippen molar-refractivity contribution in [3.63, 3.8) is 0 Å². The highest BCUT2D eigenvalue weighted by Crippen LogP contribution is 2.22. The molecule has 0 radical (unpaired) electrons. The second-order valence-corrected chi connectivity index (χ2v) is 4.68. The van der Waals surface area contributed by atoms with Crippen molar-refractivity contribution in [2.45, 2.75) is 0 Å². The van der Waals surface area contributed by atoms with E-state index in [9.17, 15) is 14.5 Å². The van der Waals surface area contributed by atoms with Crippen molar-refractivity contribution in [1.29, 1.82) is 0 Å². The number of halogens is 2. The molecule has 0 saturated carbocycles. The zero-order valence-electron chi connectivity index (χ0n) is 9.72. The first-order chi connectivity index (χ1) is 9.08. The topological polar surface area (TPSA) is 43.1 Å². The number of nitrogens with zero attached hydrogens (tertiary/aromatic N) is 1. The predicted molar refractivity (Wildman–Crippen MR) is 75.4 cm³/mol. The van der Waals surface area contributed by atoms with Crippen LogP contribution in [-0.4, -0.2) is 4.92 Å². The van der Waals surface area contributed by atoms with Gasteiger partial charge >= 0.3 is 0 Å². The van der Waals surface area contributed by atoms with E-state index in [1.807, 2.05) is 0 Å². The summed E-state index contributed by atoms with van der Waals surface area (Å²) in [5, 5.41) is 11.1. The molecule has 19 heavy (non-hydrogen) atoms. The van der Waals surface area contributed by atoms with Crippen LogP contribution in [0, 0.1) is 15.9 Å². The van der Waals surface area contributed by atoms with Gasteiger partial charge in [-0.05, 0) is 45.8 Å². The first-order valence-electron chi connectivity index (χ1n) is 5.44. The zero-order chi connectivity index (χ0) is 13.8. The average molecular weight is 322 g/mol. The van der Waals surface area contributed by atoms with Crippen LogP contribution < -0.4 is 0 Å². The molecule has 0 saturated heterocycles. The molecule has 0 aromatic heterocycles. The zero-order valence-corrected chi connectivity index (χ0v) is 11.3. The lowest BCUT2D eigenvalue weighted by Crippen LogP contribution is -1.97. The van der Waals surface area contributed by atoms with Crippen LogP contribution in [0.5, 0.6) is 0 Å². The summed E-state index contributed by atoms with van der Waals surface area (Å²) in [6.45, 7) is 0. The molecule has 0 heterocycles. The molecular weight excluding hydrogens is 313 g/mol. The van der Waals surface area contributed by atoms with Crippen molar-refractivity contribution < 1.29 is 9.31 Å². The predicted octanol–water partition coefficient (Wildman–Crippen LogP) is 4.36. The highest BCUT2D eigenvalue weighted by atomic mass is 79.9. The summed E-state index contributed by atoms with van der Waals surface area (Å²) in [6.07, 6.45) is 1.35. The molecule has 0 fully saturated rings. The number of benzene rings is 2. The smallest absolute Gasteiger partial charge is 0.258 e. The van der Waals surface area contributed by atoms with E-state index in [1.165, 1.54) is 18.2 Å². The molecule has 0 amide bonds. The van der Waals surface area contributed by atoms with Crippen LogP contribution in [-0.2, 0) is 0 Å². The second-order valence-electron chi connectivity index (χ2n) is 3.83. The Balaban J connectivity index is 2.47. The SMILES string of the molecule is O=[N+]([O-])/C(=C/c1ccc(Br)c(F)c1)c1ccccc1. The highest BCUT2D eigenvalue weighted by Gasteiger charge is 2.13. The molecule has 0 unspecified atom stereocenters. The van der Waals surface area contributed by atoms with Crippen LogP contribution in [0.1, 0.15) is 11.1 Å². The van der Waals surface area contributed by atoms with Crippen LogP contribution in [0.2, 0.25) is 0 Å². The molecule has 0 aliphatic heterocycles. The molecule has 0 atom stereocenters. The fraction of sp³-hybridized carbons (Fsp3) is 0. The summed E-state index contributed by atoms with van der Waals surface area (Å²) in [6, 6.07) is 12.9. The third-order valence-electron chi connectivity index (χ3n) is 2.51. The summed E-state index contributed by atoms with van der Waals surface area (Å²) in [5.74, 6) is -0.454. The van der Waals surface area contributed by atoms with E-state index in [2.05, 4.69) is 15.9 Å². The minimum Gasteiger partial charge on any atom is -0.258 e. The molecule has 2 rings (SSSR count). The summed E-state index contributed by atoms with van der Waals surface area (Å²) in [5.41, 5.74) is 0.856. The van der Waals surface area contributed by atoms with Crippen LogP contribution in [0.15, 0.2) is 53.0 Å². The van der Waals surface area contributed by atoms with Crippen LogP contribution in [0.3, 0.4) is 0 Å². The Morgan fingerprint density at radius 2 is 1.89 bits per heavy atom. The Bertz CT molecular complexity index is 641. The largest absolute Gasteiger partial charge is 0.277 e. The minimum absolute atomic E-state index is 0.0673. The number of rotatable bonds is 3. The standard InChI is InChI=1S/C14H9BrFNO2/c15-12-7-6-10(8-13(12)16)9-14(17(18)19)11-4-2-1-3-5-11/h1-9H/b14-9+. The molecule has 0 bridgehead atoms. The van der Waals surface area contributed by atoms with Gasteiger partial charge in [0.25, 0.3) is 5.70 Å². The molecule has 0 aliphatic rings. The molecule has 2 aromatic carbocycles. The Morgan fingerprint density at radius 1 is 1.21 bits per heavy atom. The van der Waals surface area contributed by atoms with Gasteiger partial charge in [0.05, 0.1) is 15.0 Å². The van der Waals surface area contributed by atoms with Crippen molar-refractivity contribution in [2.24, 2.45) is 0 Å². The van der Waals surface area contributed by atoms with Crippen molar-refractivity contribution in [2.75, 3.05) is 0 Å². The molecular formula is C14H9BrFNO2.